The Morgan fingerprint density at radius 1 is 0.792 bits per heavy atom. The van der Waals surface area contributed by atoms with Gasteiger partial charge in [0.25, 0.3) is 10.1 Å². The number of benzene rings is 3. The molecule has 0 aliphatic rings. The summed E-state index contributed by atoms with van der Waals surface area (Å²) >= 11 is 0. The summed E-state index contributed by atoms with van der Waals surface area (Å²) in [6.07, 6.45) is 0. The molecular formula is C16H13N2NaO4S. The van der Waals surface area contributed by atoms with Crippen LogP contribution in [0.4, 0.5) is 11.4 Å². The molecule has 3 aromatic carbocycles. The first-order valence-electron chi connectivity index (χ1n) is 6.65. The summed E-state index contributed by atoms with van der Waals surface area (Å²) in [5.41, 5.74) is 1.02. The van der Waals surface area contributed by atoms with Gasteiger partial charge in [0, 0.05) is 10.8 Å². The molecule has 2 N–H and O–H groups in total. The van der Waals surface area contributed by atoms with Gasteiger partial charge in [-0.25, -0.2) is 0 Å². The third-order valence-electron chi connectivity index (χ3n) is 3.29. The van der Waals surface area contributed by atoms with E-state index >= 15 is 0 Å². The van der Waals surface area contributed by atoms with Crippen molar-refractivity contribution >= 4 is 61.8 Å². The number of fused-ring (bicyclic) bond motifs is 1. The molecule has 6 nitrogen and oxygen atoms in total. The van der Waals surface area contributed by atoms with Gasteiger partial charge in [0.15, 0.2) is 0 Å². The molecule has 118 valence electrons. The fourth-order valence-electron chi connectivity index (χ4n) is 2.15. The number of rotatable bonds is 3. The number of phenolic OH excluding ortho intramolecular Hbond substituents is 1. The zero-order valence-corrected chi connectivity index (χ0v) is 12.6. The number of hydrogen-bond acceptors (Lipinski definition) is 5. The van der Waals surface area contributed by atoms with Crippen molar-refractivity contribution in [3.8, 4) is 5.75 Å². The number of azo groups is 1. The van der Waals surface area contributed by atoms with Crippen molar-refractivity contribution in [3.63, 3.8) is 0 Å². The van der Waals surface area contributed by atoms with Crippen molar-refractivity contribution < 1.29 is 18.1 Å². The fourth-order valence-corrected chi connectivity index (χ4v) is 2.63. The van der Waals surface area contributed by atoms with E-state index in [1.807, 2.05) is 18.2 Å². The quantitative estimate of drug-likeness (QED) is 0.428. The molecule has 0 aliphatic carbocycles. The first-order valence-corrected chi connectivity index (χ1v) is 8.09. The predicted molar refractivity (Wildman–Crippen MR) is 93.2 cm³/mol. The molecule has 0 bridgehead atoms. The molecule has 0 saturated carbocycles. The second kappa shape index (κ2) is 7.42. The zero-order valence-electron chi connectivity index (χ0n) is 11.8. The minimum absolute atomic E-state index is 0. The van der Waals surface area contributed by atoms with E-state index in [1.54, 1.807) is 12.1 Å². The Balaban J connectivity index is 0.00000208. The van der Waals surface area contributed by atoms with Gasteiger partial charge in [-0.1, -0.05) is 24.3 Å². The van der Waals surface area contributed by atoms with Crippen LogP contribution >= 0.6 is 0 Å². The third-order valence-corrected chi connectivity index (χ3v) is 4.15. The van der Waals surface area contributed by atoms with Crippen LogP contribution in [0.3, 0.4) is 0 Å². The van der Waals surface area contributed by atoms with E-state index in [1.165, 1.54) is 30.3 Å². The van der Waals surface area contributed by atoms with Crippen molar-refractivity contribution in [2.24, 2.45) is 10.2 Å². The third kappa shape index (κ3) is 4.00. The molecule has 8 heteroatoms. The average Bonchev–Trinajstić information content (AvgIpc) is 2.54. The number of aromatic hydroxyl groups is 1. The Labute approximate surface area is 160 Å². The molecule has 3 rings (SSSR count). The van der Waals surface area contributed by atoms with E-state index in [0.29, 0.717) is 16.8 Å². The molecule has 24 heavy (non-hydrogen) atoms. The van der Waals surface area contributed by atoms with E-state index in [2.05, 4.69) is 10.2 Å². The molecule has 0 heterocycles. The van der Waals surface area contributed by atoms with Crippen LogP contribution < -0.4 is 0 Å². The maximum absolute atomic E-state index is 11.0. The summed E-state index contributed by atoms with van der Waals surface area (Å²) in [7, 11) is -4.22. The van der Waals surface area contributed by atoms with Crippen LogP contribution in [0.2, 0.25) is 0 Å². The molecule has 0 amide bonds. The van der Waals surface area contributed by atoms with Gasteiger partial charge in [-0.15, -0.1) is 5.11 Å². The summed E-state index contributed by atoms with van der Waals surface area (Å²) in [6.45, 7) is 0. The van der Waals surface area contributed by atoms with Gasteiger partial charge < -0.3 is 5.11 Å². The summed E-state index contributed by atoms with van der Waals surface area (Å²) in [6, 6.07) is 15.8. The van der Waals surface area contributed by atoms with Gasteiger partial charge in [0.05, 0.1) is 16.3 Å². The van der Waals surface area contributed by atoms with Crippen LogP contribution in [0.1, 0.15) is 0 Å². The van der Waals surface area contributed by atoms with Gasteiger partial charge in [-0.05, 0) is 36.4 Å². The summed E-state index contributed by atoms with van der Waals surface area (Å²) in [5, 5.41) is 19.4. The van der Waals surface area contributed by atoms with Crippen LogP contribution in [0, 0.1) is 0 Å². The second-order valence-electron chi connectivity index (χ2n) is 4.82. The standard InChI is InChI=1S/C16H12N2O4S.Na.H/c19-16-10-9-15(13-3-1-2-4-14(13)16)18-17-11-5-7-12(8-6-11)23(20,21)22;;/h1-10,19H,(H,20,21,22);;. The summed E-state index contributed by atoms with van der Waals surface area (Å²) in [5.74, 6) is 0.164. The molecule has 0 aliphatic heterocycles. The van der Waals surface area contributed by atoms with Gasteiger partial charge in [-0.2, -0.15) is 13.5 Å². The SMILES string of the molecule is O=S(=O)(O)c1ccc(N=Nc2ccc(O)c3ccccc23)cc1.[NaH]. The number of nitrogens with zero attached hydrogens (tertiary/aromatic N) is 2. The number of phenols is 1. The predicted octanol–water partition coefficient (Wildman–Crippen LogP) is 3.56. The van der Waals surface area contributed by atoms with E-state index in [9.17, 15) is 13.5 Å². The fraction of sp³-hybridized carbons (Fsp3) is 0. The zero-order chi connectivity index (χ0) is 16.4. The monoisotopic (exact) mass is 352 g/mol. The molecular weight excluding hydrogens is 339 g/mol. The Hall–Kier alpha value is -1.77. The molecule has 0 spiro atoms. The topological polar surface area (TPSA) is 99.3 Å². The van der Waals surface area contributed by atoms with E-state index in [-0.39, 0.29) is 40.2 Å². The Kier molecular flexibility index (Phi) is 5.74. The summed E-state index contributed by atoms with van der Waals surface area (Å²) in [4.78, 5) is -0.202. The van der Waals surface area contributed by atoms with E-state index < -0.39 is 10.1 Å². The van der Waals surface area contributed by atoms with Crippen molar-refractivity contribution in [2.75, 3.05) is 0 Å². The Bertz CT molecular complexity index is 1000. The van der Waals surface area contributed by atoms with Crippen molar-refractivity contribution in [1.82, 2.24) is 0 Å². The average molecular weight is 352 g/mol. The van der Waals surface area contributed by atoms with Crippen molar-refractivity contribution in [1.29, 1.82) is 0 Å². The van der Waals surface area contributed by atoms with Gasteiger partial charge in [0.2, 0.25) is 0 Å². The van der Waals surface area contributed by atoms with Gasteiger partial charge >= 0.3 is 29.6 Å². The van der Waals surface area contributed by atoms with Crippen LogP contribution in [0.5, 0.6) is 5.75 Å². The van der Waals surface area contributed by atoms with Crippen LogP contribution in [-0.2, 0) is 10.1 Å². The first-order chi connectivity index (χ1) is 10.9. The second-order valence-corrected chi connectivity index (χ2v) is 6.24. The first kappa shape index (κ1) is 18.6. The van der Waals surface area contributed by atoms with Crippen LogP contribution in [-0.4, -0.2) is 47.6 Å². The molecule has 0 fully saturated rings. The normalized spacial score (nSPS) is 11.5. The van der Waals surface area contributed by atoms with Crippen molar-refractivity contribution in [3.05, 3.63) is 60.7 Å². The minimum atomic E-state index is -4.22. The molecule has 0 saturated heterocycles. The Morgan fingerprint density at radius 2 is 1.42 bits per heavy atom. The van der Waals surface area contributed by atoms with Gasteiger partial charge in [-0.3, -0.25) is 4.55 Å². The van der Waals surface area contributed by atoms with Crippen LogP contribution in [0.15, 0.2) is 75.8 Å². The molecule has 0 unspecified atom stereocenters. The maximum atomic E-state index is 11.0. The molecule has 0 radical (unpaired) electrons. The van der Waals surface area contributed by atoms with E-state index in [0.717, 1.165) is 5.39 Å². The molecule has 0 atom stereocenters. The Morgan fingerprint density at radius 3 is 2.04 bits per heavy atom. The van der Waals surface area contributed by atoms with Crippen molar-refractivity contribution in [2.45, 2.75) is 4.90 Å². The van der Waals surface area contributed by atoms with E-state index in [4.69, 9.17) is 4.55 Å². The van der Waals surface area contributed by atoms with Gasteiger partial charge in [0.1, 0.15) is 5.75 Å². The molecule has 3 aromatic rings. The van der Waals surface area contributed by atoms with Crippen LogP contribution in [0.25, 0.3) is 10.8 Å². The summed E-state index contributed by atoms with van der Waals surface area (Å²) < 4.78 is 30.9. The number of hydrogen-bond donors (Lipinski definition) is 2. The molecule has 0 aromatic heterocycles.